The lowest BCUT2D eigenvalue weighted by molar-refractivity contribution is -0.137. The highest BCUT2D eigenvalue weighted by atomic mass is 19.4. The summed E-state index contributed by atoms with van der Waals surface area (Å²) in [4.78, 5) is 12.1. The van der Waals surface area contributed by atoms with E-state index in [9.17, 15) is 18.0 Å². The minimum atomic E-state index is -4.55. The van der Waals surface area contributed by atoms with Gasteiger partial charge in [-0.3, -0.25) is 4.79 Å². The van der Waals surface area contributed by atoms with Gasteiger partial charge in [0.05, 0.1) is 18.4 Å². The van der Waals surface area contributed by atoms with Crippen LogP contribution in [0.3, 0.4) is 0 Å². The molecule has 0 saturated carbocycles. The van der Waals surface area contributed by atoms with Gasteiger partial charge in [-0.1, -0.05) is 12.1 Å². The van der Waals surface area contributed by atoms with Crippen LogP contribution in [-0.2, 0) is 11.0 Å². The molecule has 0 heterocycles. The monoisotopic (exact) mass is 339 g/mol. The molecule has 0 radical (unpaired) electrons. The topological polar surface area (TPSA) is 47.6 Å². The first-order chi connectivity index (χ1) is 11.3. The summed E-state index contributed by atoms with van der Waals surface area (Å²) in [7, 11) is 1.52. The number of amides is 1. The highest BCUT2D eigenvalue weighted by Gasteiger charge is 2.34. The predicted octanol–water partition coefficient (Wildman–Crippen LogP) is 4.12. The van der Waals surface area contributed by atoms with Crippen LogP contribution >= 0.6 is 0 Å². The Morgan fingerprint density at radius 3 is 2.21 bits per heavy atom. The molecule has 24 heavy (non-hydrogen) atoms. The Labute approximate surface area is 137 Å². The summed E-state index contributed by atoms with van der Waals surface area (Å²) in [6, 6.07) is 11.3. The van der Waals surface area contributed by atoms with Crippen LogP contribution in [0.1, 0.15) is 12.5 Å². The van der Waals surface area contributed by atoms with E-state index in [1.807, 2.05) is 0 Å². The molecule has 0 unspecified atom stereocenters. The molecule has 1 amide bonds. The van der Waals surface area contributed by atoms with Crippen LogP contribution in [0, 0.1) is 0 Å². The maximum atomic E-state index is 12.9. The molecule has 1 atom stereocenters. The van der Waals surface area contributed by atoms with Crippen molar-refractivity contribution in [3.8, 4) is 11.5 Å². The first-order valence-corrected chi connectivity index (χ1v) is 7.09. The van der Waals surface area contributed by atoms with Crippen LogP contribution in [0.25, 0.3) is 0 Å². The lowest BCUT2D eigenvalue weighted by Crippen LogP contribution is -2.31. The number of benzene rings is 2. The summed E-state index contributed by atoms with van der Waals surface area (Å²) in [5, 5.41) is 2.25. The Kier molecular flexibility index (Phi) is 5.33. The van der Waals surface area contributed by atoms with Crippen molar-refractivity contribution in [2.45, 2.75) is 19.2 Å². The van der Waals surface area contributed by atoms with Crippen molar-refractivity contribution >= 4 is 11.6 Å². The van der Waals surface area contributed by atoms with Gasteiger partial charge >= 0.3 is 6.18 Å². The first-order valence-electron chi connectivity index (χ1n) is 7.09. The van der Waals surface area contributed by atoms with Gasteiger partial charge in [-0.2, -0.15) is 13.2 Å². The molecule has 2 aromatic rings. The molecule has 1 N–H and O–H groups in total. The standard InChI is InChI=1S/C17H16F3NO3/c1-11(24-13-9-7-12(23-2)8-10-13)16(22)21-15-6-4-3-5-14(15)17(18,19)20/h3-11H,1-2H3,(H,21,22)/t11-/m0/s1. The molecule has 0 saturated heterocycles. The van der Waals surface area contributed by atoms with Crippen LogP contribution in [0.5, 0.6) is 11.5 Å². The number of hydrogen-bond donors (Lipinski definition) is 1. The molecule has 2 rings (SSSR count). The number of ether oxygens (including phenoxy) is 2. The van der Waals surface area contributed by atoms with Crippen molar-refractivity contribution in [1.82, 2.24) is 0 Å². The Hall–Kier alpha value is -2.70. The molecule has 0 aliphatic heterocycles. The lowest BCUT2D eigenvalue weighted by atomic mass is 10.1. The van der Waals surface area contributed by atoms with Crippen molar-refractivity contribution in [3.05, 3.63) is 54.1 Å². The lowest BCUT2D eigenvalue weighted by Gasteiger charge is -2.17. The van der Waals surface area contributed by atoms with Gasteiger partial charge in [-0.25, -0.2) is 0 Å². The van der Waals surface area contributed by atoms with Crippen LogP contribution in [0.4, 0.5) is 18.9 Å². The Balaban J connectivity index is 2.06. The van der Waals surface area contributed by atoms with E-state index >= 15 is 0 Å². The van der Waals surface area contributed by atoms with E-state index in [4.69, 9.17) is 9.47 Å². The summed E-state index contributed by atoms with van der Waals surface area (Å²) >= 11 is 0. The van der Waals surface area contributed by atoms with Gasteiger partial charge in [0.25, 0.3) is 5.91 Å². The fraction of sp³-hybridized carbons (Fsp3) is 0.235. The second kappa shape index (κ2) is 7.25. The minimum absolute atomic E-state index is 0.305. The van der Waals surface area contributed by atoms with Gasteiger partial charge in [-0.05, 0) is 43.3 Å². The molecule has 0 spiro atoms. The summed E-state index contributed by atoms with van der Waals surface area (Å²) in [5.41, 5.74) is -1.21. The molecular weight excluding hydrogens is 323 g/mol. The molecular formula is C17H16F3NO3. The van der Waals surface area contributed by atoms with Gasteiger partial charge in [0.2, 0.25) is 0 Å². The van der Waals surface area contributed by atoms with Crippen LogP contribution < -0.4 is 14.8 Å². The molecule has 7 heteroatoms. The zero-order valence-electron chi connectivity index (χ0n) is 13.1. The quantitative estimate of drug-likeness (QED) is 0.891. The average molecular weight is 339 g/mol. The molecule has 128 valence electrons. The predicted molar refractivity (Wildman–Crippen MR) is 83.2 cm³/mol. The van der Waals surface area contributed by atoms with Gasteiger partial charge in [0.1, 0.15) is 11.5 Å². The molecule has 0 aliphatic carbocycles. The van der Waals surface area contributed by atoms with Gasteiger partial charge in [0, 0.05) is 0 Å². The average Bonchev–Trinajstić information content (AvgIpc) is 2.55. The second-order valence-electron chi connectivity index (χ2n) is 4.97. The fourth-order valence-electron chi connectivity index (χ4n) is 1.99. The van der Waals surface area contributed by atoms with E-state index in [0.29, 0.717) is 11.5 Å². The van der Waals surface area contributed by atoms with Gasteiger partial charge in [-0.15, -0.1) is 0 Å². The van der Waals surface area contributed by atoms with E-state index in [1.54, 1.807) is 24.3 Å². The zero-order valence-corrected chi connectivity index (χ0v) is 13.1. The van der Waals surface area contributed by atoms with Crippen molar-refractivity contribution in [2.24, 2.45) is 0 Å². The number of halogens is 3. The largest absolute Gasteiger partial charge is 0.497 e. The molecule has 0 bridgehead atoms. The number of alkyl halides is 3. The van der Waals surface area contributed by atoms with Crippen LogP contribution in [0.2, 0.25) is 0 Å². The highest BCUT2D eigenvalue weighted by Crippen LogP contribution is 2.34. The third-order valence-corrected chi connectivity index (χ3v) is 3.23. The maximum Gasteiger partial charge on any atom is 0.418 e. The molecule has 0 fully saturated rings. The second-order valence-corrected chi connectivity index (χ2v) is 4.97. The van der Waals surface area contributed by atoms with E-state index in [-0.39, 0.29) is 5.69 Å². The van der Waals surface area contributed by atoms with Crippen molar-refractivity contribution < 1.29 is 27.4 Å². The number of methoxy groups -OCH3 is 1. The highest BCUT2D eigenvalue weighted by molar-refractivity contribution is 5.94. The fourth-order valence-corrected chi connectivity index (χ4v) is 1.99. The Morgan fingerprint density at radius 1 is 1.04 bits per heavy atom. The van der Waals surface area contributed by atoms with Crippen LogP contribution in [0.15, 0.2) is 48.5 Å². The third kappa shape index (κ3) is 4.41. The van der Waals surface area contributed by atoms with Gasteiger partial charge < -0.3 is 14.8 Å². The van der Waals surface area contributed by atoms with Crippen LogP contribution in [-0.4, -0.2) is 19.1 Å². The third-order valence-electron chi connectivity index (χ3n) is 3.23. The minimum Gasteiger partial charge on any atom is -0.497 e. The maximum absolute atomic E-state index is 12.9. The number of rotatable bonds is 5. The number of para-hydroxylation sites is 1. The van der Waals surface area contributed by atoms with E-state index < -0.39 is 23.8 Å². The molecule has 0 aromatic heterocycles. The normalized spacial score (nSPS) is 12.4. The number of nitrogens with one attached hydrogen (secondary N) is 1. The SMILES string of the molecule is COc1ccc(O[C@@H](C)C(=O)Nc2ccccc2C(F)(F)F)cc1. The zero-order chi connectivity index (χ0) is 17.7. The number of carbonyl (C=O) groups is 1. The number of hydrogen-bond acceptors (Lipinski definition) is 3. The Morgan fingerprint density at radius 2 is 1.62 bits per heavy atom. The molecule has 4 nitrogen and oxygen atoms in total. The van der Waals surface area contributed by atoms with E-state index in [0.717, 1.165) is 6.07 Å². The molecule has 2 aromatic carbocycles. The summed E-state index contributed by atoms with van der Waals surface area (Å²) < 4.78 is 49.2. The van der Waals surface area contributed by atoms with Crippen molar-refractivity contribution in [3.63, 3.8) is 0 Å². The smallest absolute Gasteiger partial charge is 0.418 e. The Bertz CT molecular complexity index is 699. The number of anilines is 1. The van der Waals surface area contributed by atoms with E-state index in [2.05, 4.69) is 5.32 Å². The van der Waals surface area contributed by atoms with Gasteiger partial charge in [0.15, 0.2) is 6.10 Å². The summed E-state index contributed by atoms with van der Waals surface area (Å²) in [6.45, 7) is 1.45. The van der Waals surface area contributed by atoms with E-state index in [1.165, 1.54) is 32.2 Å². The molecule has 0 aliphatic rings. The van der Waals surface area contributed by atoms with Crippen molar-refractivity contribution in [1.29, 1.82) is 0 Å². The van der Waals surface area contributed by atoms with Crippen molar-refractivity contribution in [2.75, 3.05) is 12.4 Å². The number of carbonyl (C=O) groups excluding carboxylic acids is 1. The summed E-state index contributed by atoms with van der Waals surface area (Å²) in [5.74, 6) is 0.351. The summed E-state index contributed by atoms with van der Waals surface area (Å²) in [6.07, 6.45) is -5.52. The first kappa shape index (κ1) is 17.7.